The summed E-state index contributed by atoms with van der Waals surface area (Å²) in [6.07, 6.45) is 3.46. The van der Waals surface area contributed by atoms with Gasteiger partial charge >= 0.3 is 6.03 Å². The summed E-state index contributed by atoms with van der Waals surface area (Å²) < 4.78 is 1.82. The summed E-state index contributed by atoms with van der Waals surface area (Å²) in [5.74, 6) is -0.593. The topological polar surface area (TPSA) is 83.4 Å². The number of rotatable bonds is 6. The molecule has 1 aliphatic heterocycles. The molecule has 180 valence electrons. The zero-order valence-electron chi connectivity index (χ0n) is 19.5. The van der Waals surface area contributed by atoms with Gasteiger partial charge in [0.05, 0.1) is 6.54 Å². The van der Waals surface area contributed by atoms with E-state index in [4.69, 9.17) is 11.6 Å². The van der Waals surface area contributed by atoms with Crippen LogP contribution in [0.3, 0.4) is 0 Å². The zero-order chi connectivity index (χ0) is 25.2. The van der Waals surface area contributed by atoms with Crippen LogP contribution in [-0.2, 0) is 22.7 Å². The maximum absolute atomic E-state index is 13.0. The molecule has 2 N–H and O–H groups in total. The predicted molar refractivity (Wildman–Crippen MR) is 140 cm³/mol. The minimum absolute atomic E-state index is 0.0756. The minimum Gasteiger partial charge on any atom is -0.337 e. The molecule has 5 rings (SSSR count). The van der Waals surface area contributed by atoms with Crippen LogP contribution in [0.2, 0.25) is 5.02 Å². The zero-order valence-corrected chi connectivity index (χ0v) is 20.3. The summed E-state index contributed by atoms with van der Waals surface area (Å²) in [6.45, 7) is 2.25. The summed E-state index contributed by atoms with van der Waals surface area (Å²) in [5, 5.41) is 7.00. The molecule has 4 aromatic rings. The number of urea groups is 1. The molecule has 3 aromatic carbocycles. The van der Waals surface area contributed by atoms with Gasteiger partial charge in [0.1, 0.15) is 12.2 Å². The van der Waals surface area contributed by atoms with E-state index in [-0.39, 0.29) is 24.7 Å². The average molecular weight is 499 g/mol. The molecule has 0 bridgehead atoms. The van der Waals surface area contributed by atoms with Gasteiger partial charge in [-0.2, -0.15) is 0 Å². The van der Waals surface area contributed by atoms with Crippen molar-refractivity contribution < 1.29 is 14.4 Å². The SMILES string of the molecule is Cc1ccc(CN2C(=O)N/C(=C/c3cn(CC(=O)Nc4ccc(Cl)cc4)c4ccccc34)C2=O)cc1. The second-order valence-corrected chi connectivity index (χ2v) is 9.09. The molecule has 0 radical (unpaired) electrons. The van der Waals surface area contributed by atoms with Crippen LogP contribution < -0.4 is 10.6 Å². The Bertz CT molecular complexity index is 1500. The van der Waals surface area contributed by atoms with E-state index in [9.17, 15) is 14.4 Å². The number of para-hydroxylation sites is 1. The normalized spacial score (nSPS) is 14.5. The molecule has 0 atom stereocenters. The van der Waals surface area contributed by atoms with Gasteiger partial charge in [0.15, 0.2) is 0 Å². The van der Waals surface area contributed by atoms with Crippen LogP contribution in [0.15, 0.2) is 84.7 Å². The summed E-state index contributed by atoms with van der Waals surface area (Å²) in [5.41, 5.74) is 4.38. The number of nitrogens with one attached hydrogen (secondary N) is 2. The van der Waals surface area contributed by atoms with E-state index in [1.807, 2.05) is 60.0 Å². The van der Waals surface area contributed by atoms with Gasteiger partial charge in [0.2, 0.25) is 5.91 Å². The van der Waals surface area contributed by atoms with Crippen molar-refractivity contribution in [2.45, 2.75) is 20.0 Å². The average Bonchev–Trinajstić information content (AvgIpc) is 3.33. The number of amides is 4. The first-order valence-corrected chi connectivity index (χ1v) is 11.8. The molecular weight excluding hydrogens is 476 g/mol. The van der Waals surface area contributed by atoms with E-state index in [0.717, 1.165) is 27.6 Å². The molecule has 1 saturated heterocycles. The Morgan fingerprint density at radius 3 is 2.47 bits per heavy atom. The number of carbonyl (C=O) groups is 3. The predicted octanol–water partition coefficient (Wildman–Crippen LogP) is 5.33. The van der Waals surface area contributed by atoms with Crippen LogP contribution in [0.25, 0.3) is 17.0 Å². The smallest absolute Gasteiger partial charge is 0.329 e. The minimum atomic E-state index is -0.460. The molecule has 0 spiro atoms. The second-order valence-electron chi connectivity index (χ2n) is 8.65. The maximum Gasteiger partial charge on any atom is 0.329 e. The molecule has 0 saturated carbocycles. The van der Waals surface area contributed by atoms with E-state index in [0.29, 0.717) is 10.7 Å². The number of nitrogens with zero attached hydrogens (tertiary/aromatic N) is 2. The van der Waals surface area contributed by atoms with E-state index in [1.165, 1.54) is 4.90 Å². The van der Waals surface area contributed by atoms with Crippen LogP contribution in [0.5, 0.6) is 0 Å². The Morgan fingerprint density at radius 2 is 1.72 bits per heavy atom. The lowest BCUT2D eigenvalue weighted by molar-refractivity contribution is -0.123. The fourth-order valence-electron chi connectivity index (χ4n) is 4.16. The molecule has 7 nitrogen and oxygen atoms in total. The van der Waals surface area contributed by atoms with E-state index >= 15 is 0 Å². The lowest BCUT2D eigenvalue weighted by atomic mass is 10.1. The molecule has 36 heavy (non-hydrogen) atoms. The van der Waals surface area contributed by atoms with Gasteiger partial charge in [-0.3, -0.25) is 14.5 Å². The summed E-state index contributed by atoms with van der Waals surface area (Å²) in [4.78, 5) is 39.5. The van der Waals surface area contributed by atoms with Gasteiger partial charge in [-0.15, -0.1) is 0 Å². The first kappa shape index (κ1) is 23.4. The van der Waals surface area contributed by atoms with Crippen LogP contribution in [-0.4, -0.2) is 27.3 Å². The van der Waals surface area contributed by atoms with Gasteiger partial charge in [0.25, 0.3) is 5.91 Å². The number of fused-ring (bicyclic) bond motifs is 1. The van der Waals surface area contributed by atoms with Gasteiger partial charge < -0.3 is 15.2 Å². The van der Waals surface area contributed by atoms with E-state index in [2.05, 4.69) is 10.6 Å². The van der Waals surface area contributed by atoms with E-state index in [1.54, 1.807) is 36.5 Å². The van der Waals surface area contributed by atoms with Crippen molar-refractivity contribution in [2.24, 2.45) is 0 Å². The lowest BCUT2D eigenvalue weighted by Gasteiger charge is -2.11. The van der Waals surface area contributed by atoms with Crippen molar-refractivity contribution >= 4 is 52.1 Å². The molecule has 0 unspecified atom stereocenters. The summed E-state index contributed by atoms with van der Waals surface area (Å²) in [6, 6.07) is 21.7. The van der Waals surface area contributed by atoms with Crippen LogP contribution in [0.4, 0.5) is 10.5 Å². The number of halogens is 1. The summed E-state index contributed by atoms with van der Waals surface area (Å²) >= 11 is 5.91. The monoisotopic (exact) mass is 498 g/mol. The molecule has 1 aromatic heterocycles. The summed E-state index contributed by atoms with van der Waals surface area (Å²) in [7, 11) is 0. The highest BCUT2D eigenvalue weighted by Crippen LogP contribution is 2.25. The number of aromatic nitrogens is 1. The number of carbonyl (C=O) groups excluding carboxylic acids is 3. The Labute approximate surface area is 213 Å². The first-order valence-electron chi connectivity index (χ1n) is 11.4. The Balaban J connectivity index is 1.38. The molecule has 4 amide bonds. The number of anilines is 1. The third-order valence-corrected chi connectivity index (χ3v) is 6.24. The highest BCUT2D eigenvalue weighted by molar-refractivity contribution is 6.30. The van der Waals surface area contributed by atoms with Crippen molar-refractivity contribution in [2.75, 3.05) is 5.32 Å². The van der Waals surface area contributed by atoms with Gasteiger partial charge in [-0.05, 0) is 48.9 Å². The van der Waals surface area contributed by atoms with Crippen molar-refractivity contribution in [3.8, 4) is 0 Å². The van der Waals surface area contributed by atoms with Crippen molar-refractivity contribution in [3.63, 3.8) is 0 Å². The first-order chi connectivity index (χ1) is 17.4. The standard InChI is InChI=1S/C28H23ClN4O3/c1-18-6-8-19(9-7-18)15-33-27(35)24(31-28(33)36)14-20-16-32(25-5-3-2-4-23(20)25)17-26(34)30-22-12-10-21(29)11-13-22/h2-14,16H,15,17H2,1H3,(H,30,34)(H,31,36)/b24-14+. The number of benzene rings is 3. The lowest BCUT2D eigenvalue weighted by Crippen LogP contribution is -2.30. The highest BCUT2D eigenvalue weighted by Gasteiger charge is 2.33. The van der Waals surface area contributed by atoms with Crippen LogP contribution >= 0.6 is 11.6 Å². The highest BCUT2D eigenvalue weighted by atomic mass is 35.5. The molecule has 1 aliphatic rings. The third-order valence-electron chi connectivity index (χ3n) is 5.98. The number of aryl methyl sites for hydroxylation is 1. The molecule has 1 fully saturated rings. The fraction of sp³-hybridized carbons (Fsp3) is 0.107. The fourth-order valence-corrected chi connectivity index (χ4v) is 4.28. The largest absolute Gasteiger partial charge is 0.337 e. The molecular formula is C28H23ClN4O3. The van der Waals surface area contributed by atoms with Crippen LogP contribution in [0.1, 0.15) is 16.7 Å². The Hall–Kier alpha value is -4.36. The number of imide groups is 1. The number of hydrogen-bond donors (Lipinski definition) is 2. The molecule has 0 aliphatic carbocycles. The van der Waals surface area contributed by atoms with Crippen molar-refractivity contribution in [1.82, 2.24) is 14.8 Å². The third kappa shape index (κ3) is 4.87. The van der Waals surface area contributed by atoms with Gasteiger partial charge in [-0.25, -0.2) is 4.79 Å². The van der Waals surface area contributed by atoms with Gasteiger partial charge in [-0.1, -0.05) is 59.6 Å². The quantitative estimate of drug-likeness (QED) is 0.278. The van der Waals surface area contributed by atoms with Crippen molar-refractivity contribution in [1.29, 1.82) is 0 Å². The Morgan fingerprint density at radius 1 is 1.00 bits per heavy atom. The molecule has 8 heteroatoms. The maximum atomic E-state index is 13.0. The molecule has 2 heterocycles. The Kier molecular flexibility index (Phi) is 6.31. The second kappa shape index (κ2) is 9.71. The van der Waals surface area contributed by atoms with Crippen molar-refractivity contribution in [3.05, 3.63) is 106 Å². The number of hydrogen-bond acceptors (Lipinski definition) is 3. The van der Waals surface area contributed by atoms with Crippen LogP contribution in [0, 0.1) is 6.92 Å². The van der Waals surface area contributed by atoms with E-state index < -0.39 is 11.9 Å². The van der Waals surface area contributed by atoms with Gasteiger partial charge in [0, 0.05) is 33.4 Å².